The molecule has 5 nitrogen and oxygen atoms in total. The SMILES string of the molecule is CNc1ccccc1N(C=O)c1cccc(Cn2c[n+](C)c3ccccc32)c1. The van der Waals surface area contributed by atoms with Crippen molar-refractivity contribution in [2.75, 3.05) is 17.3 Å². The van der Waals surface area contributed by atoms with Gasteiger partial charge >= 0.3 is 0 Å². The van der Waals surface area contributed by atoms with Crippen LogP contribution in [0.1, 0.15) is 5.56 Å². The molecular formula is C23H23N4O+. The first-order valence-corrected chi connectivity index (χ1v) is 9.25. The van der Waals surface area contributed by atoms with Crippen LogP contribution < -0.4 is 14.8 Å². The fourth-order valence-corrected chi connectivity index (χ4v) is 3.62. The zero-order valence-electron chi connectivity index (χ0n) is 16.0. The van der Waals surface area contributed by atoms with E-state index in [1.54, 1.807) is 4.90 Å². The van der Waals surface area contributed by atoms with Gasteiger partial charge in [0, 0.05) is 12.7 Å². The Balaban J connectivity index is 1.70. The van der Waals surface area contributed by atoms with Crippen molar-refractivity contribution in [3.63, 3.8) is 0 Å². The van der Waals surface area contributed by atoms with Crippen LogP contribution in [0.25, 0.3) is 11.0 Å². The molecule has 0 aliphatic heterocycles. The van der Waals surface area contributed by atoms with Gasteiger partial charge < -0.3 is 5.32 Å². The highest BCUT2D eigenvalue weighted by molar-refractivity contribution is 5.92. The zero-order valence-corrected chi connectivity index (χ0v) is 16.0. The smallest absolute Gasteiger partial charge is 0.244 e. The molecule has 1 aromatic heterocycles. The van der Waals surface area contributed by atoms with Crippen LogP contribution in [0.3, 0.4) is 0 Å². The molecule has 0 saturated heterocycles. The number of hydrogen-bond donors (Lipinski definition) is 1. The Morgan fingerprint density at radius 1 is 1.04 bits per heavy atom. The molecule has 1 N–H and O–H groups in total. The Labute approximate surface area is 164 Å². The lowest BCUT2D eigenvalue weighted by atomic mass is 10.1. The van der Waals surface area contributed by atoms with Gasteiger partial charge in [-0.2, -0.15) is 0 Å². The van der Waals surface area contributed by atoms with E-state index in [1.807, 2.05) is 43.4 Å². The van der Waals surface area contributed by atoms with Crippen molar-refractivity contribution < 1.29 is 9.36 Å². The molecule has 0 aliphatic rings. The summed E-state index contributed by atoms with van der Waals surface area (Å²) in [4.78, 5) is 13.6. The second kappa shape index (κ2) is 7.56. The minimum Gasteiger partial charge on any atom is -0.386 e. The van der Waals surface area contributed by atoms with E-state index in [0.29, 0.717) is 0 Å². The summed E-state index contributed by atoms with van der Waals surface area (Å²) < 4.78 is 4.35. The fourth-order valence-electron chi connectivity index (χ4n) is 3.62. The second-order valence-corrected chi connectivity index (χ2v) is 6.76. The van der Waals surface area contributed by atoms with E-state index in [9.17, 15) is 4.79 Å². The second-order valence-electron chi connectivity index (χ2n) is 6.76. The molecule has 0 saturated carbocycles. The number of aromatic nitrogens is 2. The third-order valence-electron chi connectivity index (χ3n) is 4.96. The van der Waals surface area contributed by atoms with Crippen LogP contribution in [-0.4, -0.2) is 18.0 Å². The molecule has 0 aliphatic carbocycles. The summed E-state index contributed by atoms with van der Waals surface area (Å²) in [5.74, 6) is 0. The van der Waals surface area contributed by atoms with E-state index in [1.165, 1.54) is 11.0 Å². The number of carbonyl (C=O) groups excluding carboxylic acids is 1. The third kappa shape index (κ3) is 3.22. The van der Waals surface area contributed by atoms with E-state index in [2.05, 4.69) is 64.2 Å². The van der Waals surface area contributed by atoms with Crippen molar-refractivity contribution in [2.24, 2.45) is 7.05 Å². The summed E-state index contributed by atoms with van der Waals surface area (Å²) in [5, 5.41) is 3.15. The number of para-hydroxylation sites is 4. The highest BCUT2D eigenvalue weighted by atomic mass is 16.1. The number of rotatable bonds is 6. The normalized spacial score (nSPS) is 10.8. The van der Waals surface area contributed by atoms with Crippen molar-refractivity contribution in [1.82, 2.24) is 4.57 Å². The van der Waals surface area contributed by atoms with E-state index in [4.69, 9.17) is 0 Å². The lowest BCUT2D eigenvalue weighted by Gasteiger charge is -2.21. The summed E-state index contributed by atoms with van der Waals surface area (Å²) >= 11 is 0. The molecule has 5 heteroatoms. The summed E-state index contributed by atoms with van der Waals surface area (Å²) in [7, 11) is 3.91. The maximum atomic E-state index is 11.9. The standard InChI is InChI=1S/C23H23N4O/c1-24-20-10-3-4-11-21(20)27(17-28)19-9-7-8-18(14-19)15-26-16-25(2)22-12-5-6-13-23(22)26/h3-14,16-17,24H,15H2,1-2H3/q+1. The number of imidazole rings is 1. The fraction of sp³-hybridized carbons (Fsp3) is 0.130. The number of nitrogens with zero attached hydrogens (tertiary/aromatic N) is 3. The molecule has 4 rings (SSSR count). The molecule has 140 valence electrons. The molecule has 1 amide bonds. The van der Waals surface area contributed by atoms with Crippen LogP contribution in [0.4, 0.5) is 17.1 Å². The van der Waals surface area contributed by atoms with Gasteiger partial charge in [-0.3, -0.25) is 9.69 Å². The van der Waals surface area contributed by atoms with Crippen LogP contribution in [0.5, 0.6) is 0 Å². The van der Waals surface area contributed by atoms with Crippen LogP contribution in [0.2, 0.25) is 0 Å². The van der Waals surface area contributed by atoms with E-state index >= 15 is 0 Å². The largest absolute Gasteiger partial charge is 0.386 e. The van der Waals surface area contributed by atoms with Gasteiger partial charge in [-0.05, 0) is 42.0 Å². The predicted octanol–water partition coefficient (Wildman–Crippen LogP) is 3.85. The molecule has 0 atom stereocenters. The molecule has 0 unspecified atom stereocenters. The Morgan fingerprint density at radius 3 is 2.64 bits per heavy atom. The van der Waals surface area contributed by atoms with E-state index in [0.717, 1.165) is 35.6 Å². The van der Waals surface area contributed by atoms with Gasteiger partial charge in [0.2, 0.25) is 12.7 Å². The summed E-state index contributed by atoms with van der Waals surface area (Å²) in [5.41, 5.74) is 6.08. The number of hydrogen-bond acceptors (Lipinski definition) is 2. The van der Waals surface area contributed by atoms with Crippen LogP contribution in [0.15, 0.2) is 79.1 Å². The van der Waals surface area contributed by atoms with Gasteiger partial charge in [-0.15, -0.1) is 0 Å². The van der Waals surface area contributed by atoms with Crippen LogP contribution >= 0.6 is 0 Å². The molecule has 0 radical (unpaired) electrons. The van der Waals surface area contributed by atoms with Crippen molar-refractivity contribution >= 4 is 34.5 Å². The highest BCUT2D eigenvalue weighted by Crippen LogP contribution is 2.31. The molecule has 4 aromatic rings. The summed E-state index contributed by atoms with van der Waals surface area (Å²) in [6, 6.07) is 24.2. The quantitative estimate of drug-likeness (QED) is 0.413. The van der Waals surface area contributed by atoms with Gasteiger partial charge in [0.25, 0.3) is 0 Å². The number of fused-ring (bicyclic) bond motifs is 1. The van der Waals surface area contributed by atoms with Crippen molar-refractivity contribution in [3.05, 3.63) is 84.7 Å². The maximum absolute atomic E-state index is 11.9. The Morgan fingerprint density at radius 2 is 1.82 bits per heavy atom. The molecule has 0 bridgehead atoms. The average molecular weight is 371 g/mol. The zero-order chi connectivity index (χ0) is 19.5. The number of carbonyl (C=O) groups is 1. The Hall–Kier alpha value is -3.60. The van der Waals surface area contributed by atoms with E-state index < -0.39 is 0 Å². The monoisotopic (exact) mass is 371 g/mol. The summed E-state index contributed by atoms with van der Waals surface area (Å²) in [6.07, 6.45) is 2.96. The molecule has 1 heterocycles. The number of nitrogens with one attached hydrogen (secondary N) is 1. The highest BCUT2D eigenvalue weighted by Gasteiger charge is 2.15. The van der Waals surface area contributed by atoms with Gasteiger partial charge in [0.1, 0.15) is 6.54 Å². The maximum Gasteiger partial charge on any atom is 0.244 e. The molecular weight excluding hydrogens is 348 g/mol. The Bertz CT molecular complexity index is 1130. The first kappa shape index (κ1) is 17.8. The van der Waals surface area contributed by atoms with Crippen LogP contribution in [0, 0.1) is 0 Å². The van der Waals surface area contributed by atoms with E-state index in [-0.39, 0.29) is 0 Å². The first-order valence-electron chi connectivity index (χ1n) is 9.25. The topological polar surface area (TPSA) is 41.2 Å². The lowest BCUT2D eigenvalue weighted by Crippen LogP contribution is -2.25. The van der Waals surface area contributed by atoms with Gasteiger partial charge in [0.05, 0.1) is 18.4 Å². The minimum absolute atomic E-state index is 0.732. The number of amides is 1. The van der Waals surface area contributed by atoms with Gasteiger partial charge in [-0.25, -0.2) is 9.13 Å². The molecule has 0 fully saturated rings. The first-order chi connectivity index (χ1) is 13.7. The predicted molar refractivity (Wildman–Crippen MR) is 113 cm³/mol. The van der Waals surface area contributed by atoms with Gasteiger partial charge in [-0.1, -0.05) is 36.4 Å². The number of aryl methyl sites for hydroxylation is 1. The molecule has 3 aromatic carbocycles. The van der Waals surface area contributed by atoms with Crippen LogP contribution in [-0.2, 0) is 18.4 Å². The van der Waals surface area contributed by atoms with Crippen molar-refractivity contribution in [1.29, 1.82) is 0 Å². The average Bonchev–Trinajstić information content (AvgIpc) is 3.05. The molecule has 0 spiro atoms. The lowest BCUT2D eigenvalue weighted by molar-refractivity contribution is -0.645. The number of anilines is 3. The Kier molecular flexibility index (Phi) is 4.81. The van der Waals surface area contributed by atoms with Gasteiger partial charge in [0.15, 0.2) is 11.0 Å². The summed E-state index contributed by atoms with van der Waals surface area (Å²) in [6.45, 7) is 0.732. The minimum atomic E-state index is 0.732. The van der Waals surface area contributed by atoms with Crippen molar-refractivity contribution in [2.45, 2.75) is 6.54 Å². The number of benzene rings is 3. The third-order valence-corrected chi connectivity index (χ3v) is 4.96. The molecule has 28 heavy (non-hydrogen) atoms. The van der Waals surface area contributed by atoms with Crippen molar-refractivity contribution in [3.8, 4) is 0 Å².